The Labute approximate surface area is 238 Å². The van der Waals surface area contributed by atoms with Crippen molar-refractivity contribution in [3.05, 3.63) is 23.8 Å². The van der Waals surface area contributed by atoms with E-state index in [1.807, 2.05) is 6.08 Å². The minimum Gasteiger partial charge on any atom is -0.463 e. The molecule has 4 unspecified atom stereocenters. The average molecular weight is 558 g/mol. The number of carbonyl (C=O) groups excluding carboxylic acids is 2. The molecule has 5 aliphatic rings. The predicted octanol–water partition coefficient (Wildman–Crippen LogP) is 5.75. The van der Waals surface area contributed by atoms with Crippen LogP contribution in [0.25, 0.3) is 0 Å². The van der Waals surface area contributed by atoms with Gasteiger partial charge in [0, 0.05) is 19.8 Å². The van der Waals surface area contributed by atoms with Gasteiger partial charge in [-0.3, -0.25) is 9.59 Å². The summed E-state index contributed by atoms with van der Waals surface area (Å²) in [7, 11) is 1.65. The summed E-state index contributed by atoms with van der Waals surface area (Å²) in [5.74, 6) is 1.90. The maximum atomic E-state index is 11.5. The van der Waals surface area contributed by atoms with Crippen molar-refractivity contribution in [3.8, 4) is 0 Å². The van der Waals surface area contributed by atoms with Gasteiger partial charge in [0.2, 0.25) is 0 Å². The van der Waals surface area contributed by atoms with Gasteiger partial charge in [-0.1, -0.05) is 30.7 Å². The number of hydrogen-bond acceptors (Lipinski definition) is 8. The lowest BCUT2D eigenvalue weighted by atomic mass is 9.47. The molecule has 1 aliphatic heterocycles. The van der Waals surface area contributed by atoms with Crippen LogP contribution in [0.3, 0.4) is 0 Å². The molecule has 4 aliphatic carbocycles. The quantitative estimate of drug-likeness (QED) is 0.170. The molecule has 0 aromatic heterocycles. The third kappa shape index (κ3) is 5.50. The molecule has 0 spiro atoms. The molecule has 0 bridgehead atoms. The number of esters is 2. The maximum Gasteiger partial charge on any atom is 0.303 e. The Balaban J connectivity index is 1.25. The number of allylic oxidation sites excluding steroid dienone is 1. The second-order valence-electron chi connectivity index (χ2n) is 13.2. The fourth-order valence-corrected chi connectivity index (χ4v) is 9.16. The van der Waals surface area contributed by atoms with Crippen LogP contribution < -0.4 is 0 Å². The first-order valence-corrected chi connectivity index (χ1v) is 15.1. The van der Waals surface area contributed by atoms with Gasteiger partial charge in [-0.2, -0.15) is 0 Å². The molecule has 10 atom stereocenters. The average Bonchev–Trinajstić information content (AvgIpc) is 3.26. The van der Waals surface area contributed by atoms with E-state index in [9.17, 15) is 9.59 Å². The van der Waals surface area contributed by atoms with Crippen molar-refractivity contribution in [2.75, 3.05) is 13.7 Å². The van der Waals surface area contributed by atoms with Gasteiger partial charge in [0.15, 0.2) is 6.29 Å². The molecular weight excluding hydrogens is 510 g/mol. The number of ether oxygens (including phenoxy) is 4. The Morgan fingerprint density at radius 2 is 1.82 bits per heavy atom. The van der Waals surface area contributed by atoms with E-state index in [0.717, 1.165) is 43.2 Å². The third-order valence-electron chi connectivity index (χ3n) is 11.0. The first-order chi connectivity index (χ1) is 19.0. The summed E-state index contributed by atoms with van der Waals surface area (Å²) in [6, 6.07) is 0. The highest BCUT2D eigenvalue weighted by molar-refractivity contribution is 5.85. The Bertz CT molecular complexity index is 1070. The molecule has 0 saturated heterocycles. The first-order valence-electron chi connectivity index (χ1n) is 15.1. The molecule has 0 amide bonds. The molecule has 222 valence electrons. The molecule has 8 nitrogen and oxygen atoms in total. The Kier molecular flexibility index (Phi) is 8.49. The smallest absolute Gasteiger partial charge is 0.303 e. The van der Waals surface area contributed by atoms with E-state index in [-0.39, 0.29) is 18.1 Å². The van der Waals surface area contributed by atoms with Crippen molar-refractivity contribution in [1.29, 1.82) is 0 Å². The number of nitrogens with zero attached hydrogens (tertiary/aromatic N) is 1. The topological polar surface area (TPSA) is 92.6 Å². The minimum absolute atomic E-state index is 0.00618. The second kappa shape index (κ2) is 11.6. The number of hydrogen-bond donors (Lipinski definition) is 0. The zero-order chi connectivity index (χ0) is 28.7. The SMILES string of the molecule is CO/N=C(\C)[C@H]1CCC2C3CC=C4C[C@@H](OC5C=C[C@H](OC(C)=O)[C@@H](COC(C)=O)O5)CC[C@]4(C)C3CC[C@@]21C. The van der Waals surface area contributed by atoms with Crippen LogP contribution in [0.15, 0.2) is 29.0 Å². The molecule has 3 fully saturated rings. The van der Waals surface area contributed by atoms with Crippen LogP contribution in [0.4, 0.5) is 0 Å². The Morgan fingerprint density at radius 1 is 1.02 bits per heavy atom. The molecule has 0 aromatic rings. The van der Waals surface area contributed by atoms with Crippen molar-refractivity contribution in [3.63, 3.8) is 0 Å². The zero-order valence-electron chi connectivity index (χ0n) is 25.0. The van der Waals surface area contributed by atoms with Gasteiger partial charge in [-0.15, -0.1) is 0 Å². The lowest BCUT2D eigenvalue weighted by Gasteiger charge is -2.58. The van der Waals surface area contributed by atoms with Gasteiger partial charge in [0.25, 0.3) is 0 Å². The van der Waals surface area contributed by atoms with Crippen molar-refractivity contribution >= 4 is 17.7 Å². The standard InChI is InChI=1S/C32H47NO7/c1-19(33-36-6)25-9-10-26-24-8-7-22-17-23(13-15-31(22,4)27(24)14-16-32(25,26)5)39-30-12-11-28(38-21(3)35)29(40-30)18-37-20(2)34/h7,11-12,23-30H,8-10,13-18H2,1-6H3/b33-19+/t23-,24?,25+,26?,27?,28-,29+,30?,31-,32+/m0/s1. The van der Waals surface area contributed by atoms with E-state index in [0.29, 0.717) is 17.3 Å². The van der Waals surface area contributed by atoms with E-state index in [1.165, 1.54) is 39.5 Å². The largest absolute Gasteiger partial charge is 0.463 e. The fraction of sp³-hybridized carbons (Fsp3) is 0.781. The Morgan fingerprint density at radius 3 is 2.55 bits per heavy atom. The summed E-state index contributed by atoms with van der Waals surface area (Å²) in [6.07, 6.45) is 13.6. The van der Waals surface area contributed by atoms with Crippen molar-refractivity contribution in [2.45, 2.75) is 111 Å². The number of rotatable bonds is 7. The van der Waals surface area contributed by atoms with Gasteiger partial charge in [-0.25, -0.2) is 0 Å². The van der Waals surface area contributed by atoms with E-state index in [4.69, 9.17) is 23.8 Å². The van der Waals surface area contributed by atoms with E-state index < -0.39 is 30.4 Å². The van der Waals surface area contributed by atoms with Crippen molar-refractivity contribution < 1.29 is 33.4 Å². The lowest BCUT2D eigenvalue weighted by Crippen LogP contribution is -2.51. The summed E-state index contributed by atoms with van der Waals surface area (Å²) in [6.45, 7) is 9.89. The van der Waals surface area contributed by atoms with Crippen LogP contribution in [0.1, 0.15) is 86.0 Å². The van der Waals surface area contributed by atoms with Crippen LogP contribution >= 0.6 is 0 Å². The molecule has 40 heavy (non-hydrogen) atoms. The highest BCUT2D eigenvalue weighted by Crippen LogP contribution is 2.66. The molecular formula is C32H47NO7. The Hall–Kier alpha value is -2.19. The number of carbonyl (C=O) groups is 2. The highest BCUT2D eigenvalue weighted by Gasteiger charge is 2.59. The predicted molar refractivity (Wildman–Crippen MR) is 150 cm³/mol. The monoisotopic (exact) mass is 557 g/mol. The minimum atomic E-state index is -0.610. The van der Waals surface area contributed by atoms with Crippen molar-refractivity contribution in [2.24, 2.45) is 39.7 Å². The summed E-state index contributed by atoms with van der Waals surface area (Å²) in [5.41, 5.74) is 3.25. The van der Waals surface area contributed by atoms with Gasteiger partial charge in [0.1, 0.15) is 25.9 Å². The summed E-state index contributed by atoms with van der Waals surface area (Å²) in [4.78, 5) is 28.1. The summed E-state index contributed by atoms with van der Waals surface area (Å²) < 4.78 is 23.1. The van der Waals surface area contributed by atoms with E-state index in [2.05, 4.69) is 32.0 Å². The lowest BCUT2D eigenvalue weighted by molar-refractivity contribution is -0.213. The molecule has 5 rings (SSSR count). The summed E-state index contributed by atoms with van der Waals surface area (Å²) in [5, 5.41) is 4.35. The van der Waals surface area contributed by atoms with Gasteiger partial charge in [0.05, 0.1) is 11.8 Å². The van der Waals surface area contributed by atoms with Gasteiger partial charge >= 0.3 is 11.9 Å². The molecule has 3 saturated carbocycles. The number of fused-ring (bicyclic) bond motifs is 5. The van der Waals surface area contributed by atoms with Gasteiger partial charge in [-0.05, 0) is 99.0 Å². The fourth-order valence-electron chi connectivity index (χ4n) is 9.16. The number of oxime groups is 1. The third-order valence-corrected chi connectivity index (χ3v) is 11.0. The zero-order valence-corrected chi connectivity index (χ0v) is 25.0. The molecule has 0 aromatic carbocycles. The van der Waals surface area contributed by atoms with E-state index >= 15 is 0 Å². The van der Waals surface area contributed by atoms with Crippen LogP contribution in [-0.4, -0.2) is 56.0 Å². The van der Waals surface area contributed by atoms with Crippen LogP contribution in [0.5, 0.6) is 0 Å². The second-order valence-corrected chi connectivity index (χ2v) is 13.2. The molecule has 0 radical (unpaired) electrons. The highest BCUT2D eigenvalue weighted by atomic mass is 16.7. The van der Waals surface area contributed by atoms with Crippen LogP contribution in [-0.2, 0) is 33.4 Å². The van der Waals surface area contributed by atoms with Crippen LogP contribution in [0.2, 0.25) is 0 Å². The van der Waals surface area contributed by atoms with Crippen molar-refractivity contribution in [1.82, 2.24) is 0 Å². The first kappa shape index (κ1) is 29.3. The molecule has 8 heteroatoms. The normalized spacial score (nSPS) is 42.6. The summed E-state index contributed by atoms with van der Waals surface area (Å²) >= 11 is 0. The van der Waals surface area contributed by atoms with Crippen LogP contribution in [0, 0.1) is 34.5 Å². The molecule has 0 N–H and O–H groups in total. The van der Waals surface area contributed by atoms with Gasteiger partial charge < -0.3 is 23.8 Å². The maximum absolute atomic E-state index is 11.5. The van der Waals surface area contributed by atoms with E-state index in [1.54, 1.807) is 18.8 Å². The molecule has 1 heterocycles.